The van der Waals surface area contributed by atoms with Crippen molar-refractivity contribution in [1.82, 2.24) is 15.2 Å². The van der Waals surface area contributed by atoms with Gasteiger partial charge in [-0.1, -0.05) is 29.3 Å². The molecule has 0 unspecified atom stereocenters. The zero-order valence-corrected chi connectivity index (χ0v) is 20.4. The van der Waals surface area contributed by atoms with Crippen LogP contribution in [0.2, 0.25) is 10.0 Å². The van der Waals surface area contributed by atoms with E-state index < -0.39 is 11.0 Å². The third-order valence-electron chi connectivity index (χ3n) is 5.65. The van der Waals surface area contributed by atoms with Crippen LogP contribution in [0.25, 0.3) is 0 Å². The molecule has 3 rings (SSSR count). The number of ether oxygens (including phenoxy) is 1. The van der Waals surface area contributed by atoms with Crippen LogP contribution in [-0.4, -0.2) is 47.1 Å². The third kappa shape index (κ3) is 5.73. The fourth-order valence-corrected chi connectivity index (χ4v) is 4.49. The Morgan fingerprint density at radius 3 is 2.47 bits per heavy atom. The van der Waals surface area contributed by atoms with E-state index in [9.17, 15) is 9.59 Å². The Morgan fingerprint density at radius 1 is 1.19 bits per heavy atom. The summed E-state index contributed by atoms with van der Waals surface area (Å²) in [6.45, 7) is 8.99. The minimum Gasteiger partial charge on any atom is -0.444 e. The summed E-state index contributed by atoms with van der Waals surface area (Å²) in [7, 11) is 0. The van der Waals surface area contributed by atoms with Crippen molar-refractivity contribution in [1.29, 1.82) is 0 Å². The molecular formula is C24H29Cl2N3O3. The summed E-state index contributed by atoms with van der Waals surface area (Å²) in [5, 5.41) is 3.81. The van der Waals surface area contributed by atoms with Crippen LogP contribution in [0.1, 0.15) is 55.2 Å². The van der Waals surface area contributed by atoms with E-state index in [-0.39, 0.29) is 12.0 Å². The molecule has 6 nitrogen and oxygen atoms in total. The first-order valence-electron chi connectivity index (χ1n) is 10.6. The maximum absolute atomic E-state index is 12.9. The van der Waals surface area contributed by atoms with Gasteiger partial charge in [0, 0.05) is 36.3 Å². The van der Waals surface area contributed by atoms with Gasteiger partial charge in [0.05, 0.1) is 16.3 Å². The number of halogens is 2. The lowest BCUT2D eigenvalue weighted by Crippen LogP contribution is -2.51. The molecule has 2 aromatic rings. The van der Waals surface area contributed by atoms with Crippen LogP contribution in [0.15, 0.2) is 36.5 Å². The Hall–Kier alpha value is -2.31. The van der Waals surface area contributed by atoms with Crippen molar-refractivity contribution in [3.8, 4) is 0 Å². The number of aromatic nitrogens is 1. The Bertz CT molecular complexity index is 996. The summed E-state index contributed by atoms with van der Waals surface area (Å²) in [5.74, 6) is -0.269. The fraction of sp³-hybridized carbons (Fsp3) is 0.458. The average Bonchev–Trinajstić information content (AvgIpc) is 2.71. The van der Waals surface area contributed by atoms with Gasteiger partial charge in [0.25, 0.3) is 5.91 Å². The highest BCUT2D eigenvalue weighted by molar-refractivity contribution is 6.36. The molecule has 8 heteroatoms. The highest BCUT2D eigenvalue weighted by atomic mass is 35.5. The number of carbonyl (C=O) groups is 2. The van der Waals surface area contributed by atoms with Gasteiger partial charge in [0.15, 0.2) is 0 Å². The van der Waals surface area contributed by atoms with E-state index in [1.807, 2.05) is 39.8 Å². The van der Waals surface area contributed by atoms with Crippen molar-refractivity contribution in [2.24, 2.45) is 0 Å². The van der Waals surface area contributed by atoms with Crippen LogP contribution >= 0.6 is 23.2 Å². The van der Waals surface area contributed by atoms with Crippen molar-refractivity contribution in [3.05, 3.63) is 63.4 Å². The smallest absolute Gasteiger partial charge is 0.410 e. The molecule has 172 valence electrons. The molecule has 32 heavy (non-hydrogen) atoms. The van der Waals surface area contributed by atoms with Gasteiger partial charge in [-0.05, 0) is 70.4 Å². The summed E-state index contributed by atoms with van der Waals surface area (Å²) in [4.78, 5) is 31.8. The number of piperidine rings is 1. The molecule has 0 atom stereocenters. The van der Waals surface area contributed by atoms with E-state index in [4.69, 9.17) is 27.9 Å². The normalized spacial score (nSPS) is 15.9. The number of benzene rings is 1. The molecule has 0 bridgehead atoms. The average molecular weight is 478 g/mol. The first kappa shape index (κ1) is 24.3. The summed E-state index contributed by atoms with van der Waals surface area (Å²) in [6.07, 6.45) is 2.75. The molecule has 0 spiro atoms. The van der Waals surface area contributed by atoms with Crippen molar-refractivity contribution < 1.29 is 14.3 Å². The number of pyridine rings is 1. The SMILES string of the molecule is Cc1cccnc1C1(CNC(=O)c2ccc(Cl)cc2Cl)CCN(C(=O)OC(C)(C)C)CC1. The summed E-state index contributed by atoms with van der Waals surface area (Å²) >= 11 is 12.2. The molecule has 1 aromatic heterocycles. The Labute approximate surface area is 199 Å². The second-order valence-electron chi connectivity index (χ2n) is 9.22. The highest BCUT2D eigenvalue weighted by Gasteiger charge is 2.40. The minimum atomic E-state index is -0.547. The van der Waals surface area contributed by atoms with Gasteiger partial charge in [-0.15, -0.1) is 0 Å². The first-order valence-corrected chi connectivity index (χ1v) is 11.4. The molecule has 0 aliphatic carbocycles. The lowest BCUT2D eigenvalue weighted by atomic mass is 9.73. The molecule has 1 N–H and O–H groups in total. The number of aryl methyl sites for hydroxylation is 1. The van der Waals surface area contributed by atoms with Crippen molar-refractivity contribution in [3.63, 3.8) is 0 Å². The lowest BCUT2D eigenvalue weighted by molar-refractivity contribution is 0.0159. The Kier molecular flexibility index (Phi) is 7.36. The maximum atomic E-state index is 12.9. The van der Waals surface area contributed by atoms with Crippen LogP contribution in [0, 0.1) is 6.92 Å². The Morgan fingerprint density at radius 2 is 1.88 bits per heavy atom. The number of carbonyl (C=O) groups excluding carboxylic acids is 2. The molecule has 1 aliphatic heterocycles. The van der Waals surface area contributed by atoms with E-state index in [2.05, 4.69) is 10.3 Å². The summed E-state index contributed by atoms with van der Waals surface area (Å²) < 4.78 is 5.53. The number of nitrogens with one attached hydrogen (secondary N) is 1. The van der Waals surface area contributed by atoms with E-state index in [0.29, 0.717) is 48.1 Å². The van der Waals surface area contributed by atoms with Crippen LogP contribution in [0.3, 0.4) is 0 Å². The number of rotatable bonds is 4. The largest absolute Gasteiger partial charge is 0.444 e. The fourth-order valence-electron chi connectivity index (χ4n) is 4.00. The summed E-state index contributed by atoms with van der Waals surface area (Å²) in [6, 6.07) is 8.72. The Balaban J connectivity index is 1.79. The number of likely N-dealkylation sites (tertiary alicyclic amines) is 1. The molecule has 0 saturated carbocycles. The zero-order valence-electron chi connectivity index (χ0n) is 18.9. The second-order valence-corrected chi connectivity index (χ2v) is 10.1. The molecular weight excluding hydrogens is 449 g/mol. The predicted molar refractivity (Wildman–Crippen MR) is 126 cm³/mol. The molecule has 1 aliphatic rings. The lowest BCUT2D eigenvalue weighted by Gasteiger charge is -2.42. The van der Waals surface area contributed by atoms with Gasteiger partial charge in [-0.3, -0.25) is 9.78 Å². The third-order valence-corrected chi connectivity index (χ3v) is 6.19. The monoisotopic (exact) mass is 477 g/mol. The second kappa shape index (κ2) is 9.67. The van der Waals surface area contributed by atoms with Crippen molar-refractivity contribution in [2.75, 3.05) is 19.6 Å². The molecule has 2 heterocycles. The van der Waals surface area contributed by atoms with E-state index >= 15 is 0 Å². The number of nitrogens with zero attached hydrogens (tertiary/aromatic N) is 2. The molecule has 0 radical (unpaired) electrons. The topological polar surface area (TPSA) is 71.5 Å². The van der Waals surface area contributed by atoms with Gasteiger partial charge < -0.3 is 15.0 Å². The molecule has 1 aromatic carbocycles. The van der Waals surface area contributed by atoms with Crippen LogP contribution in [0.4, 0.5) is 4.79 Å². The van der Waals surface area contributed by atoms with Crippen LogP contribution in [0.5, 0.6) is 0 Å². The molecule has 1 saturated heterocycles. The van der Waals surface area contributed by atoms with Gasteiger partial charge in [0.1, 0.15) is 5.60 Å². The van der Waals surface area contributed by atoms with E-state index in [1.54, 1.807) is 29.3 Å². The first-order chi connectivity index (χ1) is 15.0. The maximum Gasteiger partial charge on any atom is 0.410 e. The van der Waals surface area contributed by atoms with Gasteiger partial charge >= 0.3 is 6.09 Å². The van der Waals surface area contributed by atoms with E-state index in [1.165, 1.54) is 0 Å². The zero-order chi connectivity index (χ0) is 23.5. The highest BCUT2D eigenvalue weighted by Crippen LogP contribution is 2.36. The molecule has 1 fully saturated rings. The minimum absolute atomic E-state index is 0.269. The van der Waals surface area contributed by atoms with Crippen LogP contribution < -0.4 is 5.32 Å². The van der Waals surface area contributed by atoms with Gasteiger partial charge in [-0.25, -0.2) is 4.79 Å². The van der Waals surface area contributed by atoms with Gasteiger partial charge in [-0.2, -0.15) is 0 Å². The standard InChI is InChI=1S/C24H29Cl2N3O3/c1-16-6-5-11-27-20(16)24(9-12-29(13-10-24)22(31)32-23(2,3)4)15-28-21(30)18-8-7-17(25)14-19(18)26/h5-8,11,14H,9-10,12-13,15H2,1-4H3,(H,28,30). The number of hydrogen-bond acceptors (Lipinski definition) is 4. The summed E-state index contributed by atoms with van der Waals surface area (Å²) in [5.41, 5.74) is 1.41. The van der Waals surface area contributed by atoms with E-state index in [0.717, 1.165) is 11.3 Å². The quantitative estimate of drug-likeness (QED) is 0.639. The number of hydrogen-bond donors (Lipinski definition) is 1. The molecule has 2 amide bonds. The van der Waals surface area contributed by atoms with Crippen molar-refractivity contribution >= 4 is 35.2 Å². The van der Waals surface area contributed by atoms with Crippen LogP contribution in [-0.2, 0) is 10.2 Å². The number of amides is 2. The predicted octanol–water partition coefficient (Wildman–Crippen LogP) is 5.40. The van der Waals surface area contributed by atoms with Crippen molar-refractivity contribution in [2.45, 2.75) is 51.6 Å². The van der Waals surface area contributed by atoms with Gasteiger partial charge in [0.2, 0.25) is 0 Å².